The highest BCUT2D eigenvalue weighted by atomic mass is 16.5. The third kappa shape index (κ3) is 1.80. The van der Waals surface area contributed by atoms with Gasteiger partial charge >= 0.3 is 0 Å². The number of anilines is 1. The van der Waals surface area contributed by atoms with Gasteiger partial charge in [0.1, 0.15) is 5.82 Å². The Bertz CT molecular complexity index is 257. The van der Waals surface area contributed by atoms with E-state index in [-0.39, 0.29) is 0 Å². The van der Waals surface area contributed by atoms with Gasteiger partial charge < -0.3 is 9.64 Å². The van der Waals surface area contributed by atoms with Gasteiger partial charge in [-0.05, 0) is 18.6 Å². The fourth-order valence-corrected chi connectivity index (χ4v) is 1.58. The quantitative estimate of drug-likeness (QED) is 0.682. The Morgan fingerprint density at radius 2 is 2.46 bits per heavy atom. The van der Waals surface area contributed by atoms with Crippen molar-refractivity contribution in [1.82, 2.24) is 4.98 Å². The predicted octanol–water partition coefficient (Wildman–Crippen LogP) is 1.31. The molecule has 0 radical (unpaired) electrons. The van der Waals surface area contributed by atoms with Gasteiger partial charge in [-0.15, -0.1) is 0 Å². The Morgan fingerprint density at radius 3 is 3.08 bits per heavy atom. The molecule has 0 aromatic carbocycles. The van der Waals surface area contributed by atoms with Crippen LogP contribution in [0, 0.1) is 0 Å². The zero-order chi connectivity index (χ0) is 9.10. The normalized spacial score (nSPS) is 21.8. The van der Waals surface area contributed by atoms with Crippen LogP contribution in [0.4, 0.5) is 5.82 Å². The van der Waals surface area contributed by atoms with Gasteiger partial charge in [-0.25, -0.2) is 4.98 Å². The lowest BCUT2D eigenvalue weighted by molar-refractivity contribution is 0.193. The molecule has 2 rings (SSSR count). The fraction of sp³-hybridized carbons (Fsp3) is 0.500. The van der Waals surface area contributed by atoms with E-state index in [1.54, 1.807) is 0 Å². The molecule has 0 aliphatic carbocycles. The highest BCUT2D eigenvalue weighted by Crippen LogP contribution is 2.16. The molecule has 1 saturated heterocycles. The Balaban J connectivity index is 2.08. The molecular formula is C10H14N2O. The molecule has 3 nitrogen and oxygen atoms in total. The Labute approximate surface area is 78.3 Å². The Morgan fingerprint density at radius 1 is 1.54 bits per heavy atom. The molecule has 0 bridgehead atoms. The molecule has 70 valence electrons. The van der Waals surface area contributed by atoms with Gasteiger partial charge in [-0.1, -0.05) is 6.07 Å². The third-order valence-corrected chi connectivity index (χ3v) is 2.46. The standard InChI is InChI=1S/C10H14N2O/c1-12(9-5-7-13-8-9)10-4-2-3-6-11-10/h2-4,6,9H,5,7-8H2,1H3. The van der Waals surface area contributed by atoms with Crippen LogP contribution in [0.5, 0.6) is 0 Å². The average molecular weight is 178 g/mol. The van der Waals surface area contributed by atoms with Crippen LogP contribution < -0.4 is 4.90 Å². The first-order valence-electron chi connectivity index (χ1n) is 4.59. The van der Waals surface area contributed by atoms with Gasteiger partial charge in [0.15, 0.2) is 0 Å². The van der Waals surface area contributed by atoms with Crippen LogP contribution in [-0.2, 0) is 4.74 Å². The topological polar surface area (TPSA) is 25.4 Å². The number of hydrogen-bond donors (Lipinski definition) is 0. The number of aromatic nitrogens is 1. The lowest BCUT2D eigenvalue weighted by Gasteiger charge is -2.23. The minimum absolute atomic E-state index is 0.495. The minimum atomic E-state index is 0.495. The van der Waals surface area contributed by atoms with Crippen LogP contribution in [0.25, 0.3) is 0 Å². The van der Waals surface area contributed by atoms with Crippen molar-refractivity contribution >= 4 is 5.82 Å². The molecule has 0 spiro atoms. The summed E-state index contributed by atoms with van der Waals surface area (Å²) in [6.07, 6.45) is 2.93. The maximum absolute atomic E-state index is 5.33. The first-order chi connectivity index (χ1) is 6.38. The predicted molar refractivity (Wildman–Crippen MR) is 51.9 cm³/mol. The van der Waals surface area contributed by atoms with E-state index in [1.807, 2.05) is 24.4 Å². The monoisotopic (exact) mass is 178 g/mol. The first kappa shape index (κ1) is 8.51. The summed E-state index contributed by atoms with van der Waals surface area (Å²) in [6, 6.07) is 6.46. The van der Waals surface area contributed by atoms with Crippen molar-refractivity contribution in [2.45, 2.75) is 12.5 Å². The number of rotatable bonds is 2. The van der Waals surface area contributed by atoms with Crippen LogP contribution in [0.2, 0.25) is 0 Å². The Hall–Kier alpha value is -1.09. The maximum atomic E-state index is 5.33. The largest absolute Gasteiger partial charge is 0.379 e. The van der Waals surface area contributed by atoms with Crippen molar-refractivity contribution in [2.24, 2.45) is 0 Å². The molecule has 1 unspecified atom stereocenters. The molecule has 1 aromatic heterocycles. The van der Waals surface area contributed by atoms with Gasteiger partial charge in [0.25, 0.3) is 0 Å². The van der Waals surface area contributed by atoms with Crippen LogP contribution in [0.1, 0.15) is 6.42 Å². The lowest BCUT2D eigenvalue weighted by atomic mass is 10.2. The van der Waals surface area contributed by atoms with Gasteiger partial charge in [0.05, 0.1) is 12.6 Å². The van der Waals surface area contributed by atoms with E-state index in [2.05, 4.69) is 16.9 Å². The summed E-state index contributed by atoms with van der Waals surface area (Å²) < 4.78 is 5.33. The SMILES string of the molecule is CN(c1ccccn1)C1CCOC1. The van der Waals surface area contributed by atoms with Crippen molar-refractivity contribution in [3.05, 3.63) is 24.4 Å². The van der Waals surface area contributed by atoms with Crippen molar-refractivity contribution in [3.63, 3.8) is 0 Å². The fourth-order valence-electron chi connectivity index (χ4n) is 1.58. The molecule has 1 aliphatic rings. The molecule has 0 saturated carbocycles. The van der Waals surface area contributed by atoms with Gasteiger partial charge in [-0.3, -0.25) is 0 Å². The van der Waals surface area contributed by atoms with E-state index in [4.69, 9.17) is 4.74 Å². The van der Waals surface area contributed by atoms with Gasteiger partial charge in [0.2, 0.25) is 0 Å². The van der Waals surface area contributed by atoms with Crippen molar-refractivity contribution in [1.29, 1.82) is 0 Å². The highest BCUT2D eigenvalue weighted by molar-refractivity contribution is 5.38. The smallest absolute Gasteiger partial charge is 0.128 e. The summed E-state index contributed by atoms with van der Waals surface area (Å²) in [5.41, 5.74) is 0. The highest BCUT2D eigenvalue weighted by Gasteiger charge is 2.20. The van der Waals surface area contributed by atoms with E-state index >= 15 is 0 Å². The number of ether oxygens (including phenoxy) is 1. The molecule has 1 aliphatic heterocycles. The summed E-state index contributed by atoms with van der Waals surface area (Å²) in [4.78, 5) is 6.48. The van der Waals surface area contributed by atoms with Crippen LogP contribution in [0.3, 0.4) is 0 Å². The van der Waals surface area contributed by atoms with Crippen LogP contribution in [0.15, 0.2) is 24.4 Å². The van der Waals surface area contributed by atoms with E-state index in [9.17, 15) is 0 Å². The molecule has 3 heteroatoms. The molecule has 1 atom stereocenters. The van der Waals surface area contributed by atoms with E-state index in [1.165, 1.54) is 0 Å². The molecular weight excluding hydrogens is 164 g/mol. The molecule has 13 heavy (non-hydrogen) atoms. The summed E-state index contributed by atoms with van der Waals surface area (Å²) in [5.74, 6) is 1.03. The second-order valence-corrected chi connectivity index (χ2v) is 3.32. The van der Waals surface area contributed by atoms with Crippen molar-refractivity contribution < 1.29 is 4.74 Å². The summed E-state index contributed by atoms with van der Waals surface area (Å²) in [5, 5.41) is 0. The second-order valence-electron chi connectivity index (χ2n) is 3.32. The second kappa shape index (κ2) is 3.75. The van der Waals surface area contributed by atoms with E-state index in [0.29, 0.717) is 6.04 Å². The molecule has 1 aromatic rings. The lowest BCUT2D eigenvalue weighted by Crippen LogP contribution is -2.32. The summed E-state index contributed by atoms with van der Waals surface area (Å²) >= 11 is 0. The van der Waals surface area contributed by atoms with E-state index in [0.717, 1.165) is 25.5 Å². The molecule has 0 N–H and O–H groups in total. The average Bonchev–Trinajstić information content (AvgIpc) is 2.71. The summed E-state index contributed by atoms with van der Waals surface area (Å²) in [7, 11) is 2.07. The van der Waals surface area contributed by atoms with Gasteiger partial charge in [0, 0.05) is 19.9 Å². The van der Waals surface area contributed by atoms with E-state index < -0.39 is 0 Å². The summed E-state index contributed by atoms with van der Waals surface area (Å²) in [6.45, 7) is 1.70. The maximum Gasteiger partial charge on any atom is 0.128 e. The van der Waals surface area contributed by atoms with Crippen molar-refractivity contribution in [3.8, 4) is 0 Å². The Kier molecular flexibility index (Phi) is 2.45. The third-order valence-electron chi connectivity index (χ3n) is 2.46. The zero-order valence-corrected chi connectivity index (χ0v) is 7.81. The van der Waals surface area contributed by atoms with Crippen molar-refractivity contribution in [2.75, 3.05) is 25.2 Å². The number of nitrogens with zero attached hydrogens (tertiary/aromatic N) is 2. The number of likely N-dealkylation sites (N-methyl/N-ethyl adjacent to an activating group) is 1. The molecule has 0 amide bonds. The molecule has 2 heterocycles. The number of hydrogen-bond acceptors (Lipinski definition) is 3. The zero-order valence-electron chi connectivity index (χ0n) is 7.81. The first-order valence-corrected chi connectivity index (χ1v) is 4.59. The number of pyridine rings is 1. The molecule has 1 fully saturated rings. The van der Waals surface area contributed by atoms with Gasteiger partial charge in [-0.2, -0.15) is 0 Å². The van der Waals surface area contributed by atoms with Crippen LogP contribution in [-0.4, -0.2) is 31.3 Å². The van der Waals surface area contributed by atoms with Crippen LogP contribution >= 0.6 is 0 Å². The minimum Gasteiger partial charge on any atom is -0.379 e.